The summed E-state index contributed by atoms with van der Waals surface area (Å²) in [5.74, 6) is 0.826. The van der Waals surface area contributed by atoms with Gasteiger partial charge in [-0.1, -0.05) is 27.4 Å². The lowest BCUT2D eigenvalue weighted by Gasteiger charge is -2.14. The second kappa shape index (κ2) is 2.45. The van der Waals surface area contributed by atoms with E-state index >= 15 is 0 Å². The second-order valence-corrected chi connectivity index (χ2v) is 3.38. The van der Waals surface area contributed by atoms with Gasteiger partial charge in [0.15, 0.2) is 5.82 Å². The van der Waals surface area contributed by atoms with Gasteiger partial charge in [-0.25, -0.2) is 4.68 Å². The van der Waals surface area contributed by atoms with E-state index in [0.29, 0.717) is 0 Å². The summed E-state index contributed by atoms with van der Waals surface area (Å²) in [5, 5.41) is 11.2. The first-order chi connectivity index (χ1) is 5.05. The van der Waals surface area contributed by atoms with Crippen LogP contribution in [0.5, 0.6) is 0 Å². The van der Waals surface area contributed by atoms with Crippen LogP contribution in [0.25, 0.3) is 6.20 Å². The summed E-state index contributed by atoms with van der Waals surface area (Å²) in [6.07, 6.45) is 1.60. The standard InChI is InChI=1S/C7H12N4/c1-5-11-6(7(2,3)4)8-9-10-11/h5H,1H2,2-4H3. The van der Waals surface area contributed by atoms with Crippen molar-refractivity contribution in [2.75, 3.05) is 0 Å². The van der Waals surface area contributed by atoms with Gasteiger partial charge in [-0.3, -0.25) is 0 Å². The summed E-state index contributed by atoms with van der Waals surface area (Å²) in [7, 11) is 0. The number of hydrogen-bond acceptors (Lipinski definition) is 3. The lowest BCUT2D eigenvalue weighted by atomic mass is 9.96. The number of rotatable bonds is 1. The van der Waals surface area contributed by atoms with Crippen molar-refractivity contribution in [3.8, 4) is 0 Å². The molecule has 0 aromatic carbocycles. The number of aromatic nitrogens is 4. The molecule has 0 spiro atoms. The molecule has 60 valence electrons. The van der Waals surface area contributed by atoms with E-state index < -0.39 is 0 Å². The highest BCUT2D eigenvalue weighted by atomic mass is 15.5. The van der Waals surface area contributed by atoms with Gasteiger partial charge in [0.2, 0.25) is 0 Å². The average molecular weight is 152 g/mol. The Morgan fingerprint density at radius 2 is 2.09 bits per heavy atom. The molecule has 0 N–H and O–H groups in total. The van der Waals surface area contributed by atoms with E-state index in [1.165, 1.54) is 0 Å². The van der Waals surface area contributed by atoms with Crippen molar-refractivity contribution in [2.45, 2.75) is 26.2 Å². The summed E-state index contributed by atoms with van der Waals surface area (Å²) < 4.78 is 1.58. The summed E-state index contributed by atoms with van der Waals surface area (Å²) in [4.78, 5) is 0. The van der Waals surface area contributed by atoms with Crippen LogP contribution in [0.2, 0.25) is 0 Å². The fraction of sp³-hybridized carbons (Fsp3) is 0.571. The fourth-order valence-corrected chi connectivity index (χ4v) is 0.810. The summed E-state index contributed by atoms with van der Waals surface area (Å²) in [5.41, 5.74) is -0.0301. The molecule has 11 heavy (non-hydrogen) atoms. The van der Waals surface area contributed by atoms with E-state index in [-0.39, 0.29) is 5.41 Å². The number of tetrazole rings is 1. The van der Waals surface area contributed by atoms with Gasteiger partial charge < -0.3 is 0 Å². The highest BCUT2D eigenvalue weighted by Gasteiger charge is 2.20. The third kappa shape index (κ3) is 1.45. The third-order valence-corrected chi connectivity index (χ3v) is 1.34. The molecule has 0 saturated heterocycles. The van der Waals surface area contributed by atoms with Crippen molar-refractivity contribution >= 4 is 6.20 Å². The SMILES string of the molecule is C=Cn1nnnc1C(C)(C)C. The monoisotopic (exact) mass is 152 g/mol. The van der Waals surface area contributed by atoms with E-state index in [9.17, 15) is 0 Å². The molecule has 0 amide bonds. The van der Waals surface area contributed by atoms with E-state index in [0.717, 1.165) is 5.82 Å². The minimum Gasteiger partial charge on any atom is -0.205 e. The van der Waals surface area contributed by atoms with E-state index in [1.807, 2.05) is 0 Å². The molecule has 1 aromatic rings. The average Bonchev–Trinajstić information content (AvgIpc) is 2.31. The highest BCUT2D eigenvalue weighted by molar-refractivity contribution is 5.17. The molecule has 1 aromatic heterocycles. The molecule has 1 heterocycles. The molecule has 4 nitrogen and oxygen atoms in total. The molecule has 0 atom stereocenters. The number of hydrogen-bond donors (Lipinski definition) is 0. The van der Waals surface area contributed by atoms with Crippen molar-refractivity contribution in [3.63, 3.8) is 0 Å². The third-order valence-electron chi connectivity index (χ3n) is 1.34. The Bertz CT molecular complexity index is 256. The number of nitrogens with zero attached hydrogens (tertiary/aromatic N) is 4. The largest absolute Gasteiger partial charge is 0.205 e. The topological polar surface area (TPSA) is 43.6 Å². The van der Waals surface area contributed by atoms with Crippen LogP contribution in [0, 0.1) is 0 Å². The molecule has 0 aliphatic heterocycles. The lowest BCUT2D eigenvalue weighted by molar-refractivity contribution is 0.531. The molecule has 0 saturated carbocycles. The maximum absolute atomic E-state index is 3.89. The van der Waals surface area contributed by atoms with E-state index in [1.54, 1.807) is 10.9 Å². The van der Waals surface area contributed by atoms with Crippen molar-refractivity contribution in [1.82, 2.24) is 20.2 Å². The first kappa shape index (κ1) is 7.91. The zero-order valence-corrected chi connectivity index (χ0v) is 7.07. The minimum absolute atomic E-state index is 0.0301. The van der Waals surface area contributed by atoms with Gasteiger partial charge in [0.25, 0.3) is 0 Å². The molecule has 1 rings (SSSR count). The normalized spacial score (nSPS) is 11.5. The van der Waals surface area contributed by atoms with Crippen LogP contribution in [0.1, 0.15) is 26.6 Å². The molecule has 0 unspecified atom stereocenters. The van der Waals surface area contributed by atoms with Gasteiger partial charge in [-0.2, -0.15) is 0 Å². The quantitative estimate of drug-likeness (QED) is 0.604. The van der Waals surface area contributed by atoms with E-state index in [4.69, 9.17) is 0 Å². The van der Waals surface area contributed by atoms with Gasteiger partial charge in [0, 0.05) is 11.6 Å². The Morgan fingerprint density at radius 3 is 2.45 bits per heavy atom. The Labute approximate surface area is 65.9 Å². The predicted molar refractivity (Wildman–Crippen MR) is 42.9 cm³/mol. The van der Waals surface area contributed by atoms with Crippen LogP contribution in [-0.2, 0) is 5.41 Å². The smallest absolute Gasteiger partial charge is 0.161 e. The summed E-state index contributed by atoms with van der Waals surface area (Å²) in [6.45, 7) is 9.76. The van der Waals surface area contributed by atoms with E-state index in [2.05, 4.69) is 42.9 Å². The second-order valence-electron chi connectivity index (χ2n) is 3.38. The first-order valence-electron chi connectivity index (χ1n) is 3.46. The zero-order chi connectivity index (χ0) is 8.48. The summed E-state index contributed by atoms with van der Waals surface area (Å²) >= 11 is 0. The van der Waals surface area contributed by atoms with Crippen LogP contribution in [0.3, 0.4) is 0 Å². The fourth-order valence-electron chi connectivity index (χ4n) is 0.810. The minimum atomic E-state index is -0.0301. The maximum atomic E-state index is 3.89. The zero-order valence-electron chi connectivity index (χ0n) is 7.07. The maximum Gasteiger partial charge on any atom is 0.161 e. The van der Waals surface area contributed by atoms with Gasteiger partial charge in [0.1, 0.15) is 0 Å². The van der Waals surface area contributed by atoms with Gasteiger partial charge >= 0.3 is 0 Å². The first-order valence-corrected chi connectivity index (χ1v) is 3.46. The Kier molecular flexibility index (Phi) is 1.76. The van der Waals surface area contributed by atoms with Gasteiger partial charge in [-0.05, 0) is 10.4 Å². The molecule has 0 aliphatic rings. The predicted octanol–water partition coefficient (Wildman–Crippen LogP) is 1.07. The molecule has 0 fully saturated rings. The Hall–Kier alpha value is -1.19. The molecule has 0 radical (unpaired) electrons. The molecule has 4 heteroatoms. The summed E-state index contributed by atoms with van der Waals surface area (Å²) in [6, 6.07) is 0. The van der Waals surface area contributed by atoms with Crippen LogP contribution < -0.4 is 0 Å². The van der Waals surface area contributed by atoms with Crippen LogP contribution in [0.4, 0.5) is 0 Å². The Balaban J connectivity index is 3.12. The molecule has 0 bridgehead atoms. The van der Waals surface area contributed by atoms with Gasteiger partial charge in [0.05, 0.1) is 0 Å². The van der Waals surface area contributed by atoms with Crippen molar-refractivity contribution < 1.29 is 0 Å². The van der Waals surface area contributed by atoms with Gasteiger partial charge in [-0.15, -0.1) is 5.10 Å². The van der Waals surface area contributed by atoms with Crippen molar-refractivity contribution in [2.24, 2.45) is 0 Å². The Morgan fingerprint density at radius 1 is 1.45 bits per heavy atom. The van der Waals surface area contributed by atoms with Crippen molar-refractivity contribution in [1.29, 1.82) is 0 Å². The molecular weight excluding hydrogens is 140 g/mol. The van der Waals surface area contributed by atoms with Crippen LogP contribution >= 0.6 is 0 Å². The lowest BCUT2D eigenvalue weighted by Crippen LogP contribution is -2.17. The molecular formula is C7H12N4. The highest BCUT2D eigenvalue weighted by Crippen LogP contribution is 2.17. The van der Waals surface area contributed by atoms with Crippen LogP contribution in [0.15, 0.2) is 6.58 Å². The van der Waals surface area contributed by atoms with Crippen molar-refractivity contribution in [3.05, 3.63) is 12.4 Å². The van der Waals surface area contributed by atoms with Crippen LogP contribution in [-0.4, -0.2) is 20.2 Å². The molecule has 0 aliphatic carbocycles.